The second-order valence-electron chi connectivity index (χ2n) is 7.56. The Labute approximate surface area is 192 Å². The monoisotopic (exact) mass is 455 g/mol. The number of rotatable bonds is 8. The van der Waals surface area contributed by atoms with E-state index in [9.17, 15) is 4.79 Å². The first-order chi connectivity index (χ1) is 15.2. The number of hydrogen-bond acceptors (Lipinski definition) is 5. The number of hydrogen-bond donors (Lipinski definition) is 1. The van der Waals surface area contributed by atoms with Crippen molar-refractivity contribution in [2.24, 2.45) is 0 Å². The van der Waals surface area contributed by atoms with Gasteiger partial charge in [0.15, 0.2) is 11.0 Å². The molecule has 0 unspecified atom stereocenters. The molecular weight excluding hydrogens is 430 g/mol. The van der Waals surface area contributed by atoms with Crippen molar-refractivity contribution in [1.29, 1.82) is 0 Å². The predicted molar refractivity (Wildman–Crippen MR) is 126 cm³/mol. The van der Waals surface area contributed by atoms with E-state index in [1.165, 1.54) is 19.3 Å². The molecule has 6 nitrogen and oxygen atoms in total. The molecule has 0 radical (unpaired) electrons. The molecule has 8 heteroatoms. The maximum atomic E-state index is 12.3. The van der Waals surface area contributed by atoms with Crippen molar-refractivity contribution in [2.75, 3.05) is 24.2 Å². The fourth-order valence-corrected chi connectivity index (χ4v) is 4.77. The zero-order valence-electron chi connectivity index (χ0n) is 17.3. The molecule has 0 spiro atoms. The van der Waals surface area contributed by atoms with Crippen LogP contribution in [-0.2, 0) is 11.3 Å². The van der Waals surface area contributed by atoms with Crippen LogP contribution in [0.4, 0.5) is 5.69 Å². The van der Waals surface area contributed by atoms with Gasteiger partial charge in [-0.2, -0.15) is 0 Å². The molecule has 0 aliphatic carbocycles. The zero-order valence-corrected chi connectivity index (χ0v) is 18.9. The van der Waals surface area contributed by atoms with Crippen LogP contribution in [0.5, 0.6) is 0 Å². The van der Waals surface area contributed by atoms with E-state index in [1.807, 2.05) is 30.3 Å². The smallest absolute Gasteiger partial charge is 0.225 e. The minimum atomic E-state index is -0.0471. The first kappa shape index (κ1) is 21.9. The number of thioether (sulfide) groups is 1. The number of para-hydroxylation sites is 1. The molecule has 1 aliphatic rings. The third-order valence-electron chi connectivity index (χ3n) is 5.20. The van der Waals surface area contributed by atoms with Gasteiger partial charge in [0.25, 0.3) is 0 Å². The first-order valence-corrected chi connectivity index (χ1v) is 12.0. The normalized spacial score (nSPS) is 14.5. The molecule has 1 N–H and O–H groups in total. The Morgan fingerprint density at radius 3 is 2.61 bits per heavy atom. The van der Waals surface area contributed by atoms with Crippen molar-refractivity contribution < 1.29 is 4.79 Å². The van der Waals surface area contributed by atoms with Gasteiger partial charge in [0.2, 0.25) is 5.91 Å². The van der Waals surface area contributed by atoms with E-state index < -0.39 is 0 Å². The molecule has 2 aromatic carbocycles. The van der Waals surface area contributed by atoms with Gasteiger partial charge in [-0.25, -0.2) is 0 Å². The molecule has 162 valence electrons. The minimum Gasteiger partial charge on any atom is -0.326 e. The lowest BCUT2D eigenvalue weighted by Gasteiger charge is -2.26. The van der Waals surface area contributed by atoms with Crippen LogP contribution in [0.1, 0.15) is 31.5 Å². The molecule has 4 rings (SSSR count). The van der Waals surface area contributed by atoms with E-state index in [4.69, 9.17) is 11.6 Å². The lowest BCUT2D eigenvalue weighted by atomic mass is 10.1. The molecular formula is C23H26ClN5OS. The summed E-state index contributed by atoms with van der Waals surface area (Å²) in [5, 5.41) is 13.3. The van der Waals surface area contributed by atoms with Crippen molar-refractivity contribution in [2.45, 2.75) is 37.4 Å². The lowest BCUT2D eigenvalue weighted by molar-refractivity contribution is -0.115. The number of carbonyl (C=O) groups excluding carboxylic acids is 1. The number of nitrogens with one attached hydrogen (secondary N) is 1. The second-order valence-corrected chi connectivity index (χ2v) is 9.06. The van der Waals surface area contributed by atoms with Gasteiger partial charge in [0, 0.05) is 28.6 Å². The standard InChI is InChI=1S/C23H26ClN5OS/c24-18-8-7-9-19(16-18)25-22(30)12-15-31-23-27-26-21(17-28-13-5-2-6-14-28)29(23)20-10-3-1-4-11-20/h1,3-4,7-11,16H,2,5-6,12-15,17H2,(H,25,30). The van der Waals surface area contributed by atoms with Crippen molar-refractivity contribution in [3.05, 3.63) is 65.4 Å². The Bertz CT molecular complexity index is 1000. The summed E-state index contributed by atoms with van der Waals surface area (Å²) in [5.74, 6) is 1.51. The van der Waals surface area contributed by atoms with Gasteiger partial charge < -0.3 is 5.32 Å². The van der Waals surface area contributed by atoms with Crippen molar-refractivity contribution in [3.8, 4) is 5.69 Å². The van der Waals surface area contributed by atoms with E-state index in [0.717, 1.165) is 36.3 Å². The maximum Gasteiger partial charge on any atom is 0.225 e. The molecule has 1 amide bonds. The Morgan fingerprint density at radius 2 is 1.84 bits per heavy atom. The highest BCUT2D eigenvalue weighted by molar-refractivity contribution is 7.99. The largest absolute Gasteiger partial charge is 0.326 e. The number of amides is 1. The number of nitrogens with zero attached hydrogens (tertiary/aromatic N) is 4. The van der Waals surface area contributed by atoms with Gasteiger partial charge in [-0.15, -0.1) is 10.2 Å². The number of carbonyl (C=O) groups is 1. The summed E-state index contributed by atoms with van der Waals surface area (Å²) in [5.41, 5.74) is 1.75. The summed E-state index contributed by atoms with van der Waals surface area (Å²) in [6.07, 6.45) is 4.16. The summed E-state index contributed by atoms with van der Waals surface area (Å²) >= 11 is 7.53. The summed E-state index contributed by atoms with van der Waals surface area (Å²) in [6.45, 7) is 3.00. The highest BCUT2D eigenvalue weighted by Crippen LogP contribution is 2.24. The number of benzene rings is 2. The minimum absolute atomic E-state index is 0.0471. The molecule has 1 fully saturated rings. The van der Waals surface area contributed by atoms with Crippen molar-refractivity contribution >= 4 is 35.0 Å². The molecule has 2 heterocycles. The van der Waals surface area contributed by atoms with Gasteiger partial charge >= 0.3 is 0 Å². The highest BCUT2D eigenvalue weighted by Gasteiger charge is 2.19. The van der Waals surface area contributed by atoms with E-state index >= 15 is 0 Å². The summed E-state index contributed by atoms with van der Waals surface area (Å²) < 4.78 is 2.12. The molecule has 0 saturated carbocycles. The average Bonchev–Trinajstić information content (AvgIpc) is 3.17. The topological polar surface area (TPSA) is 63.1 Å². The number of aromatic nitrogens is 3. The summed E-state index contributed by atoms with van der Waals surface area (Å²) in [6, 6.07) is 17.4. The maximum absolute atomic E-state index is 12.3. The average molecular weight is 456 g/mol. The Kier molecular flexibility index (Phi) is 7.61. The Balaban J connectivity index is 1.42. The lowest BCUT2D eigenvalue weighted by Crippen LogP contribution is -2.30. The number of anilines is 1. The molecule has 0 atom stereocenters. The zero-order chi connectivity index (χ0) is 21.5. The van der Waals surface area contributed by atoms with E-state index in [1.54, 1.807) is 23.9 Å². The van der Waals surface area contributed by atoms with E-state index in [2.05, 4.69) is 37.1 Å². The van der Waals surface area contributed by atoms with Crippen molar-refractivity contribution in [1.82, 2.24) is 19.7 Å². The van der Waals surface area contributed by atoms with Gasteiger partial charge in [-0.05, 0) is 56.3 Å². The second kappa shape index (κ2) is 10.8. The van der Waals surface area contributed by atoms with Crippen LogP contribution in [0, 0.1) is 0 Å². The molecule has 31 heavy (non-hydrogen) atoms. The van der Waals surface area contributed by atoms with Crippen LogP contribution in [0.2, 0.25) is 5.02 Å². The van der Waals surface area contributed by atoms with Gasteiger partial charge in [0.1, 0.15) is 0 Å². The van der Waals surface area contributed by atoms with Crippen LogP contribution in [-0.4, -0.2) is 44.4 Å². The van der Waals surface area contributed by atoms with Crippen LogP contribution >= 0.6 is 23.4 Å². The van der Waals surface area contributed by atoms with Crippen LogP contribution in [0.3, 0.4) is 0 Å². The van der Waals surface area contributed by atoms with E-state index in [0.29, 0.717) is 22.9 Å². The van der Waals surface area contributed by atoms with E-state index in [-0.39, 0.29) is 5.91 Å². The molecule has 1 saturated heterocycles. The van der Waals surface area contributed by atoms with Crippen LogP contribution in [0.25, 0.3) is 5.69 Å². The Hall–Kier alpha value is -2.35. The number of likely N-dealkylation sites (tertiary alicyclic amines) is 1. The number of piperidine rings is 1. The van der Waals surface area contributed by atoms with Gasteiger partial charge in [-0.1, -0.05) is 54.0 Å². The molecule has 3 aromatic rings. The van der Waals surface area contributed by atoms with Gasteiger partial charge in [0.05, 0.1) is 6.54 Å². The van der Waals surface area contributed by atoms with Crippen LogP contribution < -0.4 is 5.32 Å². The third-order valence-corrected chi connectivity index (χ3v) is 6.36. The highest BCUT2D eigenvalue weighted by atomic mass is 35.5. The molecule has 0 bridgehead atoms. The SMILES string of the molecule is O=C(CCSc1nnc(CN2CCCCC2)n1-c1ccccc1)Nc1cccc(Cl)c1. The van der Waals surface area contributed by atoms with Crippen molar-refractivity contribution in [3.63, 3.8) is 0 Å². The summed E-state index contributed by atoms with van der Waals surface area (Å²) in [7, 11) is 0. The van der Waals surface area contributed by atoms with Gasteiger partial charge in [-0.3, -0.25) is 14.3 Å². The van der Waals surface area contributed by atoms with Crippen LogP contribution in [0.15, 0.2) is 59.8 Å². The quantitative estimate of drug-likeness (QED) is 0.483. The number of halogens is 1. The predicted octanol–water partition coefficient (Wildman–Crippen LogP) is 5.03. The first-order valence-electron chi connectivity index (χ1n) is 10.6. The third kappa shape index (κ3) is 6.09. The molecule has 1 aliphatic heterocycles. The molecule has 1 aromatic heterocycles. The summed E-state index contributed by atoms with van der Waals surface area (Å²) in [4.78, 5) is 14.8. The Morgan fingerprint density at radius 1 is 1.03 bits per heavy atom. The fourth-order valence-electron chi connectivity index (χ4n) is 3.67. The fraction of sp³-hybridized carbons (Fsp3) is 0.348.